The average molecular weight is 458 g/mol. The lowest BCUT2D eigenvalue weighted by Gasteiger charge is -2.10. The molecule has 1 saturated carbocycles. The fourth-order valence-corrected chi connectivity index (χ4v) is 4.26. The van der Waals surface area contributed by atoms with Crippen LogP contribution in [0.1, 0.15) is 30.0 Å². The molecule has 0 spiro atoms. The monoisotopic (exact) mass is 457 g/mol. The van der Waals surface area contributed by atoms with Crippen molar-refractivity contribution in [1.82, 2.24) is 14.2 Å². The van der Waals surface area contributed by atoms with Crippen molar-refractivity contribution in [3.05, 3.63) is 86.1 Å². The maximum absolute atomic E-state index is 14.1. The molecule has 5 nitrogen and oxygen atoms in total. The first-order valence-corrected chi connectivity index (χ1v) is 10.6. The van der Waals surface area contributed by atoms with Gasteiger partial charge < -0.3 is 4.74 Å². The Hall–Kier alpha value is -2.83. The van der Waals surface area contributed by atoms with Gasteiger partial charge in [-0.15, -0.1) is 0 Å². The quantitative estimate of drug-likeness (QED) is 0.378. The van der Waals surface area contributed by atoms with Crippen LogP contribution in [-0.4, -0.2) is 14.2 Å². The summed E-state index contributed by atoms with van der Waals surface area (Å²) in [5, 5.41) is 0.772. The fourth-order valence-electron chi connectivity index (χ4n) is 3.67. The summed E-state index contributed by atoms with van der Waals surface area (Å²) in [4.78, 5) is 17.8. The number of aryl methyl sites for hydroxylation is 1. The van der Waals surface area contributed by atoms with Crippen molar-refractivity contribution in [3.8, 4) is 16.9 Å². The number of hydrogen-bond donors (Lipinski definition) is 0. The molecule has 0 atom stereocenters. The normalized spacial score (nSPS) is 13.7. The number of halogens is 3. The molecular formula is C23H18Cl2FN3O2. The van der Waals surface area contributed by atoms with Crippen LogP contribution >= 0.6 is 23.2 Å². The maximum atomic E-state index is 14.1. The van der Waals surface area contributed by atoms with Crippen molar-refractivity contribution < 1.29 is 9.13 Å². The Morgan fingerprint density at radius 1 is 1.16 bits per heavy atom. The second-order valence-corrected chi connectivity index (χ2v) is 8.51. The van der Waals surface area contributed by atoms with Crippen LogP contribution in [0.4, 0.5) is 4.39 Å². The number of fused-ring (bicyclic) bond motifs is 1. The van der Waals surface area contributed by atoms with E-state index in [-0.39, 0.29) is 24.0 Å². The van der Waals surface area contributed by atoms with Gasteiger partial charge in [0.15, 0.2) is 11.4 Å². The summed E-state index contributed by atoms with van der Waals surface area (Å²) in [6.45, 7) is 1.88. The van der Waals surface area contributed by atoms with Crippen molar-refractivity contribution >= 4 is 28.8 Å². The Labute approximate surface area is 187 Å². The molecule has 4 aromatic rings. The van der Waals surface area contributed by atoms with Gasteiger partial charge in [0.2, 0.25) is 0 Å². The van der Waals surface area contributed by atoms with Gasteiger partial charge >= 0.3 is 0 Å². The maximum Gasteiger partial charge on any atom is 0.277 e. The van der Waals surface area contributed by atoms with E-state index in [2.05, 4.69) is 4.98 Å². The van der Waals surface area contributed by atoms with Crippen molar-refractivity contribution in [1.29, 1.82) is 0 Å². The summed E-state index contributed by atoms with van der Waals surface area (Å²) >= 11 is 12.8. The van der Waals surface area contributed by atoms with Crippen LogP contribution in [0.25, 0.3) is 16.8 Å². The molecule has 0 unspecified atom stereocenters. The minimum absolute atomic E-state index is 0.0530. The van der Waals surface area contributed by atoms with Gasteiger partial charge in [-0.05, 0) is 43.5 Å². The molecule has 31 heavy (non-hydrogen) atoms. The lowest BCUT2D eigenvalue weighted by Crippen LogP contribution is -2.19. The molecule has 5 rings (SSSR count). The first kappa shape index (κ1) is 20.1. The molecule has 8 heteroatoms. The first-order chi connectivity index (χ1) is 14.9. The van der Waals surface area contributed by atoms with Crippen molar-refractivity contribution in [3.63, 3.8) is 0 Å². The zero-order chi connectivity index (χ0) is 21.7. The lowest BCUT2D eigenvalue weighted by atomic mass is 10.1. The Morgan fingerprint density at radius 2 is 1.90 bits per heavy atom. The van der Waals surface area contributed by atoms with Gasteiger partial charge in [0.25, 0.3) is 5.56 Å². The van der Waals surface area contributed by atoms with E-state index in [9.17, 15) is 9.18 Å². The highest BCUT2D eigenvalue weighted by molar-refractivity contribution is 6.39. The second-order valence-electron chi connectivity index (χ2n) is 7.69. The number of aromatic nitrogens is 3. The smallest absolute Gasteiger partial charge is 0.277 e. The third kappa shape index (κ3) is 3.60. The van der Waals surface area contributed by atoms with E-state index in [1.165, 1.54) is 12.3 Å². The van der Waals surface area contributed by atoms with Crippen LogP contribution in [0.15, 0.2) is 53.6 Å². The van der Waals surface area contributed by atoms with E-state index in [1.54, 1.807) is 39.7 Å². The molecule has 1 aliphatic carbocycles. The number of nitrogens with zero attached hydrogens (tertiary/aromatic N) is 3. The highest BCUT2D eigenvalue weighted by Gasteiger charge is 2.31. The largest absolute Gasteiger partial charge is 0.486 e. The molecular weight excluding hydrogens is 440 g/mol. The van der Waals surface area contributed by atoms with Crippen LogP contribution in [0.5, 0.6) is 5.75 Å². The Kier molecular flexibility index (Phi) is 4.99. The zero-order valence-corrected chi connectivity index (χ0v) is 18.1. The van der Waals surface area contributed by atoms with Crippen LogP contribution in [0.3, 0.4) is 0 Å². The zero-order valence-electron chi connectivity index (χ0n) is 16.6. The van der Waals surface area contributed by atoms with Gasteiger partial charge in [-0.3, -0.25) is 4.79 Å². The summed E-state index contributed by atoms with van der Waals surface area (Å²) in [5.74, 6) is 0.106. The van der Waals surface area contributed by atoms with E-state index in [4.69, 9.17) is 27.9 Å². The Morgan fingerprint density at radius 3 is 2.58 bits per heavy atom. The molecule has 0 bridgehead atoms. The molecule has 1 aliphatic rings. The number of rotatable bonds is 5. The fraction of sp³-hybridized carbons (Fsp3) is 0.217. The van der Waals surface area contributed by atoms with Crippen molar-refractivity contribution in [2.45, 2.75) is 32.4 Å². The first-order valence-electron chi connectivity index (χ1n) is 9.89. The van der Waals surface area contributed by atoms with E-state index >= 15 is 0 Å². The van der Waals surface area contributed by atoms with Gasteiger partial charge in [-0.2, -0.15) is 0 Å². The van der Waals surface area contributed by atoms with E-state index in [0.29, 0.717) is 38.1 Å². The summed E-state index contributed by atoms with van der Waals surface area (Å²) in [6.07, 6.45) is 5.03. The minimum atomic E-state index is -0.319. The summed E-state index contributed by atoms with van der Waals surface area (Å²) < 4.78 is 23.3. The van der Waals surface area contributed by atoms with Crippen LogP contribution in [0, 0.1) is 12.7 Å². The topological polar surface area (TPSA) is 48.5 Å². The van der Waals surface area contributed by atoms with E-state index in [0.717, 1.165) is 18.4 Å². The van der Waals surface area contributed by atoms with E-state index < -0.39 is 0 Å². The highest BCUT2D eigenvalue weighted by Crippen LogP contribution is 2.39. The SMILES string of the molecule is Cc1ccc(COc2cnc3c(-c4c(Cl)cccc4Cl)c(=O)n(C4CC4)n3c2)c(F)c1. The van der Waals surface area contributed by atoms with Gasteiger partial charge in [0, 0.05) is 11.1 Å². The van der Waals surface area contributed by atoms with Gasteiger partial charge in [-0.25, -0.2) is 18.6 Å². The molecule has 158 valence electrons. The standard InChI is InChI=1S/C23H18Cl2FN3O2/c1-13-5-6-14(19(26)9-13)12-31-16-10-27-22-21(20-17(24)3-2-4-18(20)25)23(30)29(15-7-8-15)28(22)11-16/h2-6,9-11,15H,7-8,12H2,1H3. The van der Waals surface area contributed by atoms with Gasteiger partial charge in [0.1, 0.15) is 12.4 Å². The molecule has 0 radical (unpaired) electrons. The number of hydrogen-bond acceptors (Lipinski definition) is 3. The van der Waals surface area contributed by atoms with Gasteiger partial charge in [0.05, 0.1) is 34.0 Å². The summed E-state index contributed by atoms with van der Waals surface area (Å²) in [7, 11) is 0. The predicted molar refractivity (Wildman–Crippen MR) is 119 cm³/mol. The van der Waals surface area contributed by atoms with Crippen molar-refractivity contribution in [2.75, 3.05) is 0 Å². The lowest BCUT2D eigenvalue weighted by molar-refractivity contribution is 0.295. The third-order valence-electron chi connectivity index (χ3n) is 5.37. The second kappa shape index (κ2) is 7.70. The van der Waals surface area contributed by atoms with Crippen molar-refractivity contribution in [2.24, 2.45) is 0 Å². The molecule has 0 saturated heterocycles. The Balaban J connectivity index is 1.59. The minimum Gasteiger partial charge on any atom is -0.486 e. The van der Waals surface area contributed by atoms with Crippen LogP contribution < -0.4 is 10.3 Å². The predicted octanol–water partition coefficient (Wildman–Crippen LogP) is 5.83. The molecule has 1 fully saturated rings. The molecule has 0 aliphatic heterocycles. The number of benzene rings is 2. The van der Waals surface area contributed by atoms with Crippen LogP contribution in [-0.2, 0) is 6.61 Å². The highest BCUT2D eigenvalue weighted by atomic mass is 35.5. The Bertz CT molecular complexity index is 1360. The van der Waals surface area contributed by atoms with E-state index in [1.807, 2.05) is 13.0 Å². The number of ether oxygens (including phenoxy) is 1. The third-order valence-corrected chi connectivity index (χ3v) is 6.00. The van der Waals surface area contributed by atoms with Crippen LogP contribution in [0.2, 0.25) is 10.0 Å². The summed E-state index contributed by atoms with van der Waals surface area (Å²) in [5.41, 5.74) is 2.36. The molecule has 0 N–H and O–H groups in total. The molecule has 2 aromatic carbocycles. The molecule has 2 heterocycles. The van der Waals surface area contributed by atoms with Gasteiger partial charge in [-0.1, -0.05) is 41.4 Å². The average Bonchev–Trinajstić information content (AvgIpc) is 3.52. The summed E-state index contributed by atoms with van der Waals surface area (Å²) in [6, 6.07) is 10.2. The molecule has 0 amide bonds. The molecule has 2 aromatic heterocycles.